The number of thiazole rings is 1. The SMILES string of the molecule is O=C1OC(=O)c2sc(-c3ccc(Cl)cc3)nc21. The summed E-state index contributed by atoms with van der Waals surface area (Å²) in [5.41, 5.74) is 0.916. The lowest BCUT2D eigenvalue weighted by atomic mass is 10.2. The van der Waals surface area contributed by atoms with Crippen molar-refractivity contribution >= 4 is 34.9 Å². The highest BCUT2D eigenvalue weighted by Crippen LogP contribution is 2.32. The van der Waals surface area contributed by atoms with Crippen LogP contribution in [0.25, 0.3) is 10.6 Å². The molecule has 2 aromatic rings. The van der Waals surface area contributed by atoms with Gasteiger partial charge in [-0.2, -0.15) is 0 Å². The monoisotopic (exact) mass is 265 g/mol. The molecule has 0 N–H and O–H groups in total. The number of nitrogens with zero attached hydrogens (tertiary/aromatic N) is 1. The molecule has 0 saturated carbocycles. The van der Waals surface area contributed by atoms with Crippen molar-refractivity contribution in [3.63, 3.8) is 0 Å². The second kappa shape index (κ2) is 3.65. The number of aromatic nitrogens is 1. The first kappa shape index (κ1) is 10.4. The summed E-state index contributed by atoms with van der Waals surface area (Å²) in [7, 11) is 0. The Morgan fingerprint density at radius 1 is 1.12 bits per heavy atom. The van der Waals surface area contributed by atoms with E-state index in [2.05, 4.69) is 9.72 Å². The molecule has 3 rings (SSSR count). The van der Waals surface area contributed by atoms with Crippen LogP contribution in [0.5, 0.6) is 0 Å². The Hall–Kier alpha value is -1.72. The number of fused-ring (bicyclic) bond motifs is 1. The van der Waals surface area contributed by atoms with Crippen molar-refractivity contribution in [3.8, 4) is 10.6 Å². The van der Waals surface area contributed by atoms with Crippen LogP contribution in [-0.4, -0.2) is 16.9 Å². The molecule has 1 aromatic carbocycles. The molecule has 0 fully saturated rings. The number of esters is 2. The fourth-order valence-electron chi connectivity index (χ4n) is 1.49. The number of halogens is 1. The summed E-state index contributed by atoms with van der Waals surface area (Å²) in [5.74, 6) is -1.30. The molecule has 0 amide bonds. The largest absolute Gasteiger partial charge is 0.384 e. The smallest absolute Gasteiger partial charge is 0.366 e. The number of hydrogen-bond acceptors (Lipinski definition) is 5. The summed E-state index contributed by atoms with van der Waals surface area (Å²) in [6.07, 6.45) is 0. The van der Waals surface area contributed by atoms with E-state index in [0.717, 1.165) is 16.9 Å². The van der Waals surface area contributed by atoms with Crippen molar-refractivity contribution in [2.75, 3.05) is 0 Å². The normalized spacial score (nSPS) is 13.7. The average molecular weight is 266 g/mol. The van der Waals surface area contributed by atoms with Crippen molar-refractivity contribution in [1.82, 2.24) is 4.98 Å². The molecule has 1 aliphatic rings. The number of carbonyl (C=O) groups excluding carboxylic acids is 2. The third-order valence-corrected chi connectivity index (χ3v) is 3.62. The molecule has 6 heteroatoms. The summed E-state index contributed by atoms with van der Waals surface area (Å²) in [4.78, 5) is 26.9. The van der Waals surface area contributed by atoms with E-state index < -0.39 is 11.9 Å². The van der Waals surface area contributed by atoms with Gasteiger partial charge in [0.2, 0.25) is 0 Å². The molecule has 0 aliphatic carbocycles. The summed E-state index contributed by atoms with van der Waals surface area (Å²) >= 11 is 6.92. The van der Waals surface area contributed by atoms with Gasteiger partial charge in [0.1, 0.15) is 9.88 Å². The van der Waals surface area contributed by atoms with E-state index in [-0.39, 0.29) is 10.6 Å². The summed E-state index contributed by atoms with van der Waals surface area (Å²) in [5, 5.41) is 1.23. The van der Waals surface area contributed by atoms with Gasteiger partial charge in [0, 0.05) is 10.6 Å². The maximum absolute atomic E-state index is 11.3. The van der Waals surface area contributed by atoms with Crippen molar-refractivity contribution < 1.29 is 14.3 Å². The molecule has 0 bridgehead atoms. The van der Waals surface area contributed by atoms with Crippen LogP contribution in [0.1, 0.15) is 20.2 Å². The predicted molar refractivity (Wildman–Crippen MR) is 62.3 cm³/mol. The highest BCUT2D eigenvalue weighted by molar-refractivity contribution is 7.17. The number of hydrogen-bond donors (Lipinski definition) is 0. The lowest BCUT2D eigenvalue weighted by Crippen LogP contribution is -1.99. The van der Waals surface area contributed by atoms with Gasteiger partial charge in [0.05, 0.1) is 0 Å². The molecular formula is C11H4ClNO3S. The standard InChI is InChI=1S/C11H4ClNO3S/c12-6-3-1-5(2-4-6)9-13-7-8(17-9)11(15)16-10(7)14/h1-4H. The molecule has 17 heavy (non-hydrogen) atoms. The second-order valence-corrected chi connectivity index (χ2v) is 4.82. The summed E-state index contributed by atoms with van der Waals surface area (Å²) in [6.45, 7) is 0. The number of carbonyl (C=O) groups is 2. The maximum Gasteiger partial charge on any atom is 0.366 e. The van der Waals surface area contributed by atoms with Crippen LogP contribution in [0.15, 0.2) is 24.3 Å². The van der Waals surface area contributed by atoms with E-state index in [4.69, 9.17) is 11.6 Å². The number of cyclic esters (lactones) is 2. The summed E-state index contributed by atoms with van der Waals surface area (Å²) in [6, 6.07) is 7.02. The molecular weight excluding hydrogens is 262 g/mol. The van der Waals surface area contributed by atoms with Crippen molar-refractivity contribution in [2.24, 2.45) is 0 Å². The van der Waals surface area contributed by atoms with Gasteiger partial charge in [0.25, 0.3) is 0 Å². The molecule has 0 unspecified atom stereocenters. The first-order chi connectivity index (χ1) is 8.15. The van der Waals surface area contributed by atoms with Crippen LogP contribution in [0, 0.1) is 0 Å². The maximum atomic E-state index is 11.3. The Labute approximate surface area is 105 Å². The minimum Gasteiger partial charge on any atom is -0.384 e. The first-order valence-corrected chi connectivity index (χ1v) is 5.88. The van der Waals surface area contributed by atoms with Crippen molar-refractivity contribution in [3.05, 3.63) is 39.9 Å². The highest BCUT2D eigenvalue weighted by Gasteiger charge is 2.34. The van der Waals surface area contributed by atoms with Gasteiger partial charge in [-0.1, -0.05) is 23.7 Å². The minimum absolute atomic E-state index is 0.102. The minimum atomic E-state index is -0.679. The van der Waals surface area contributed by atoms with Gasteiger partial charge in [0.15, 0.2) is 5.69 Å². The van der Waals surface area contributed by atoms with Crippen LogP contribution < -0.4 is 0 Å². The Kier molecular flexibility index (Phi) is 2.24. The van der Waals surface area contributed by atoms with Gasteiger partial charge >= 0.3 is 11.9 Å². The molecule has 1 aliphatic heterocycles. The van der Waals surface area contributed by atoms with E-state index in [1.807, 2.05) is 0 Å². The summed E-state index contributed by atoms with van der Waals surface area (Å²) < 4.78 is 4.43. The average Bonchev–Trinajstić information content (AvgIpc) is 2.83. The van der Waals surface area contributed by atoms with E-state index in [1.165, 1.54) is 0 Å². The molecule has 0 atom stereocenters. The fraction of sp³-hybridized carbons (Fsp3) is 0. The zero-order chi connectivity index (χ0) is 12.0. The molecule has 1 aromatic heterocycles. The van der Waals surface area contributed by atoms with Gasteiger partial charge in [-0.25, -0.2) is 14.6 Å². The lowest BCUT2D eigenvalue weighted by molar-refractivity contribution is 0.0443. The zero-order valence-corrected chi connectivity index (χ0v) is 9.84. The third-order valence-electron chi connectivity index (χ3n) is 2.28. The number of ether oxygens (including phenoxy) is 1. The molecule has 0 radical (unpaired) electrons. The van der Waals surface area contributed by atoms with E-state index in [0.29, 0.717) is 10.0 Å². The van der Waals surface area contributed by atoms with E-state index in [9.17, 15) is 9.59 Å². The van der Waals surface area contributed by atoms with Gasteiger partial charge < -0.3 is 4.74 Å². The van der Waals surface area contributed by atoms with Crippen LogP contribution in [0.4, 0.5) is 0 Å². The number of benzene rings is 1. The Bertz CT molecular complexity index is 601. The van der Waals surface area contributed by atoms with E-state index in [1.54, 1.807) is 24.3 Å². The van der Waals surface area contributed by atoms with Gasteiger partial charge in [-0.15, -0.1) is 11.3 Å². The molecule has 84 valence electrons. The Balaban J connectivity index is 2.09. The molecule has 2 heterocycles. The Morgan fingerprint density at radius 3 is 2.47 bits per heavy atom. The van der Waals surface area contributed by atoms with Crippen LogP contribution in [-0.2, 0) is 4.74 Å². The van der Waals surface area contributed by atoms with Crippen LogP contribution in [0.3, 0.4) is 0 Å². The van der Waals surface area contributed by atoms with Crippen molar-refractivity contribution in [1.29, 1.82) is 0 Å². The van der Waals surface area contributed by atoms with E-state index >= 15 is 0 Å². The van der Waals surface area contributed by atoms with Crippen LogP contribution in [0.2, 0.25) is 5.02 Å². The number of rotatable bonds is 1. The quantitative estimate of drug-likeness (QED) is 0.588. The fourth-order valence-corrected chi connectivity index (χ4v) is 2.55. The second-order valence-electron chi connectivity index (χ2n) is 3.38. The molecule has 4 nitrogen and oxygen atoms in total. The van der Waals surface area contributed by atoms with Gasteiger partial charge in [-0.3, -0.25) is 0 Å². The zero-order valence-electron chi connectivity index (χ0n) is 8.27. The molecule has 0 saturated heterocycles. The lowest BCUT2D eigenvalue weighted by Gasteiger charge is -1.96. The first-order valence-electron chi connectivity index (χ1n) is 4.68. The van der Waals surface area contributed by atoms with Crippen LogP contribution >= 0.6 is 22.9 Å². The topological polar surface area (TPSA) is 56.3 Å². The highest BCUT2D eigenvalue weighted by atomic mass is 35.5. The third kappa shape index (κ3) is 1.64. The van der Waals surface area contributed by atoms with Gasteiger partial charge in [-0.05, 0) is 12.1 Å². The molecule has 0 spiro atoms. The Morgan fingerprint density at radius 2 is 1.82 bits per heavy atom. The predicted octanol–water partition coefficient (Wildman–Crippen LogP) is 2.77. The van der Waals surface area contributed by atoms with Crippen molar-refractivity contribution in [2.45, 2.75) is 0 Å².